The van der Waals surface area contributed by atoms with E-state index in [1.165, 1.54) is 12.1 Å². The summed E-state index contributed by atoms with van der Waals surface area (Å²) >= 11 is 0. The average Bonchev–Trinajstić information content (AvgIpc) is 2.73. The molecular weight excluding hydrogens is 391 g/mol. The Morgan fingerprint density at radius 3 is 1.73 bits per heavy atom. The average molecular weight is 415 g/mol. The molecule has 3 aromatic rings. The molecule has 0 radical (unpaired) electrons. The molecular formula is C24H24F3NO2. The maximum Gasteiger partial charge on any atom is 0.416 e. The Balaban J connectivity index is 1.58. The highest BCUT2D eigenvalue weighted by atomic mass is 19.4. The summed E-state index contributed by atoms with van der Waals surface area (Å²) in [5.41, 5.74) is 1.53. The SMILES string of the molecule is O[C@@H](COc1ccc(C(F)(F)F)cc1)CN(Cc1ccccc1)Cc1ccccc1. The number of benzene rings is 3. The maximum atomic E-state index is 12.6. The number of hydrogen-bond acceptors (Lipinski definition) is 3. The van der Waals surface area contributed by atoms with Crippen molar-refractivity contribution in [2.75, 3.05) is 13.2 Å². The van der Waals surface area contributed by atoms with Gasteiger partial charge in [-0.1, -0.05) is 60.7 Å². The number of nitrogens with zero attached hydrogens (tertiary/aromatic N) is 1. The molecule has 0 aliphatic rings. The molecule has 0 fully saturated rings. The second kappa shape index (κ2) is 10.3. The molecule has 158 valence electrons. The molecule has 0 aromatic heterocycles. The van der Waals surface area contributed by atoms with Crippen molar-refractivity contribution in [3.8, 4) is 5.75 Å². The van der Waals surface area contributed by atoms with Crippen LogP contribution in [0.15, 0.2) is 84.9 Å². The minimum atomic E-state index is -4.38. The van der Waals surface area contributed by atoms with E-state index < -0.39 is 17.8 Å². The molecule has 1 N–H and O–H groups in total. The van der Waals surface area contributed by atoms with Crippen LogP contribution in [0.5, 0.6) is 5.75 Å². The van der Waals surface area contributed by atoms with Gasteiger partial charge in [-0.3, -0.25) is 4.90 Å². The fourth-order valence-corrected chi connectivity index (χ4v) is 3.15. The van der Waals surface area contributed by atoms with Crippen molar-refractivity contribution >= 4 is 0 Å². The Morgan fingerprint density at radius 1 is 0.767 bits per heavy atom. The highest BCUT2D eigenvalue weighted by Crippen LogP contribution is 2.30. The zero-order chi connectivity index (χ0) is 21.4. The molecule has 0 spiro atoms. The molecule has 0 aliphatic carbocycles. The van der Waals surface area contributed by atoms with Gasteiger partial charge in [-0.25, -0.2) is 0 Å². The van der Waals surface area contributed by atoms with Crippen LogP contribution < -0.4 is 4.74 Å². The van der Waals surface area contributed by atoms with Crippen LogP contribution in [0.25, 0.3) is 0 Å². The van der Waals surface area contributed by atoms with Crippen LogP contribution >= 0.6 is 0 Å². The number of aliphatic hydroxyl groups is 1. The van der Waals surface area contributed by atoms with E-state index >= 15 is 0 Å². The summed E-state index contributed by atoms with van der Waals surface area (Å²) in [6.45, 7) is 1.68. The molecule has 3 aromatic carbocycles. The monoisotopic (exact) mass is 415 g/mol. The van der Waals surface area contributed by atoms with Crippen LogP contribution in [0.4, 0.5) is 13.2 Å². The van der Waals surface area contributed by atoms with Gasteiger partial charge in [-0.15, -0.1) is 0 Å². The van der Waals surface area contributed by atoms with Crippen LogP contribution in [0, 0.1) is 0 Å². The standard InChI is InChI=1S/C24H24F3NO2/c25-24(26,27)21-11-13-23(14-12-21)30-18-22(29)17-28(15-19-7-3-1-4-8-19)16-20-9-5-2-6-10-20/h1-14,22,29H,15-18H2/t22-/m1/s1. The lowest BCUT2D eigenvalue weighted by Gasteiger charge is -2.25. The van der Waals surface area contributed by atoms with E-state index in [4.69, 9.17) is 4.74 Å². The second-order valence-corrected chi connectivity index (χ2v) is 7.13. The lowest BCUT2D eigenvalue weighted by Crippen LogP contribution is -2.35. The van der Waals surface area contributed by atoms with Gasteiger partial charge in [0.15, 0.2) is 0 Å². The van der Waals surface area contributed by atoms with Crippen molar-refractivity contribution in [1.82, 2.24) is 4.90 Å². The van der Waals surface area contributed by atoms with Gasteiger partial charge in [0.05, 0.1) is 5.56 Å². The largest absolute Gasteiger partial charge is 0.491 e. The minimum Gasteiger partial charge on any atom is -0.491 e. The molecule has 0 unspecified atom stereocenters. The first kappa shape index (κ1) is 21.9. The van der Waals surface area contributed by atoms with Gasteiger partial charge >= 0.3 is 6.18 Å². The molecule has 0 heterocycles. The highest BCUT2D eigenvalue weighted by Gasteiger charge is 2.30. The molecule has 0 aliphatic heterocycles. The van der Waals surface area contributed by atoms with Crippen LogP contribution in [0.1, 0.15) is 16.7 Å². The Hall–Kier alpha value is -2.83. The smallest absolute Gasteiger partial charge is 0.416 e. The van der Waals surface area contributed by atoms with Gasteiger partial charge in [0.2, 0.25) is 0 Å². The first-order chi connectivity index (χ1) is 14.4. The van der Waals surface area contributed by atoms with Crippen LogP contribution in [0.2, 0.25) is 0 Å². The van der Waals surface area contributed by atoms with Gasteiger partial charge < -0.3 is 9.84 Å². The molecule has 6 heteroatoms. The van der Waals surface area contributed by atoms with Crippen molar-refractivity contribution in [2.24, 2.45) is 0 Å². The minimum absolute atomic E-state index is 0.00849. The quantitative estimate of drug-likeness (QED) is 0.525. The van der Waals surface area contributed by atoms with Crippen molar-refractivity contribution in [3.05, 3.63) is 102 Å². The molecule has 0 amide bonds. The predicted molar refractivity (Wildman–Crippen MR) is 110 cm³/mol. The molecule has 0 saturated heterocycles. The predicted octanol–water partition coefficient (Wildman–Crippen LogP) is 5.15. The summed E-state index contributed by atoms with van der Waals surface area (Å²) in [7, 11) is 0. The third-order valence-corrected chi connectivity index (χ3v) is 4.59. The topological polar surface area (TPSA) is 32.7 Å². The second-order valence-electron chi connectivity index (χ2n) is 7.13. The Labute approximate surface area is 174 Å². The normalized spacial score (nSPS) is 12.7. The van der Waals surface area contributed by atoms with Crippen molar-refractivity contribution in [3.63, 3.8) is 0 Å². The third-order valence-electron chi connectivity index (χ3n) is 4.59. The van der Waals surface area contributed by atoms with E-state index in [0.29, 0.717) is 25.4 Å². The molecule has 3 nitrogen and oxygen atoms in total. The van der Waals surface area contributed by atoms with Gasteiger partial charge in [-0.05, 0) is 35.4 Å². The summed E-state index contributed by atoms with van der Waals surface area (Å²) in [5, 5.41) is 10.5. The Bertz CT molecular complexity index is 842. The van der Waals surface area contributed by atoms with Gasteiger partial charge in [0, 0.05) is 19.6 Å². The zero-order valence-corrected chi connectivity index (χ0v) is 16.4. The fraction of sp³-hybridized carbons (Fsp3) is 0.250. The number of hydrogen-bond donors (Lipinski definition) is 1. The molecule has 3 rings (SSSR count). The number of halogens is 3. The zero-order valence-electron chi connectivity index (χ0n) is 16.4. The van der Waals surface area contributed by atoms with Crippen LogP contribution in [-0.2, 0) is 19.3 Å². The van der Waals surface area contributed by atoms with Gasteiger partial charge in [-0.2, -0.15) is 13.2 Å². The number of rotatable bonds is 9. The van der Waals surface area contributed by atoms with Crippen LogP contribution in [0.3, 0.4) is 0 Å². The lowest BCUT2D eigenvalue weighted by atomic mass is 10.1. The van der Waals surface area contributed by atoms with E-state index in [9.17, 15) is 18.3 Å². The summed E-state index contributed by atoms with van der Waals surface area (Å²) in [6, 6.07) is 24.4. The molecule has 1 atom stereocenters. The van der Waals surface area contributed by atoms with Gasteiger partial charge in [0.25, 0.3) is 0 Å². The molecule has 0 bridgehead atoms. The summed E-state index contributed by atoms with van der Waals surface area (Å²) < 4.78 is 43.4. The molecule has 30 heavy (non-hydrogen) atoms. The summed E-state index contributed by atoms with van der Waals surface area (Å²) in [4.78, 5) is 2.12. The number of ether oxygens (including phenoxy) is 1. The first-order valence-electron chi connectivity index (χ1n) is 9.68. The first-order valence-corrected chi connectivity index (χ1v) is 9.68. The van der Waals surface area contributed by atoms with Crippen molar-refractivity contribution < 1.29 is 23.0 Å². The van der Waals surface area contributed by atoms with Gasteiger partial charge in [0.1, 0.15) is 18.5 Å². The Morgan fingerprint density at radius 2 is 1.27 bits per heavy atom. The van der Waals surface area contributed by atoms with E-state index in [1.54, 1.807) is 0 Å². The Kier molecular flexibility index (Phi) is 7.49. The maximum absolute atomic E-state index is 12.6. The number of aliphatic hydroxyl groups excluding tert-OH is 1. The fourth-order valence-electron chi connectivity index (χ4n) is 3.15. The third kappa shape index (κ3) is 6.90. The number of alkyl halides is 3. The van der Waals surface area contributed by atoms with E-state index in [1.807, 2.05) is 60.7 Å². The van der Waals surface area contributed by atoms with E-state index in [2.05, 4.69) is 4.90 Å². The van der Waals surface area contributed by atoms with E-state index in [0.717, 1.165) is 23.3 Å². The highest BCUT2D eigenvalue weighted by molar-refractivity contribution is 5.28. The molecule has 0 saturated carbocycles. The lowest BCUT2D eigenvalue weighted by molar-refractivity contribution is -0.137. The summed E-state index contributed by atoms with van der Waals surface area (Å²) in [6.07, 6.45) is -5.17. The van der Waals surface area contributed by atoms with E-state index in [-0.39, 0.29) is 6.61 Å². The van der Waals surface area contributed by atoms with Crippen molar-refractivity contribution in [1.29, 1.82) is 0 Å². The van der Waals surface area contributed by atoms with Crippen LogP contribution in [-0.4, -0.2) is 29.3 Å². The summed E-state index contributed by atoms with van der Waals surface area (Å²) in [5.74, 6) is 0.291. The van der Waals surface area contributed by atoms with Crippen molar-refractivity contribution in [2.45, 2.75) is 25.4 Å².